The fraction of sp³-hybridized carbons (Fsp3) is 0.600. The highest BCUT2D eigenvalue weighted by molar-refractivity contribution is 6.32. The van der Waals surface area contributed by atoms with Gasteiger partial charge >= 0.3 is 0 Å². The molecule has 1 aliphatic rings. The van der Waals surface area contributed by atoms with Crippen LogP contribution in [0.2, 0.25) is 5.02 Å². The van der Waals surface area contributed by atoms with E-state index in [2.05, 4.69) is 11.9 Å². The first-order valence-electron chi connectivity index (χ1n) is 6.85. The number of hydrogen-bond donors (Lipinski definition) is 0. The number of hydrogen-bond acceptors (Lipinski definition) is 2. The molecule has 0 aromatic heterocycles. The number of benzene rings is 1. The Kier molecular flexibility index (Phi) is 5.33. The van der Waals surface area contributed by atoms with E-state index in [1.165, 1.54) is 32.1 Å². The first-order chi connectivity index (χ1) is 8.77. The van der Waals surface area contributed by atoms with Crippen molar-refractivity contribution in [3.8, 4) is 5.75 Å². The summed E-state index contributed by atoms with van der Waals surface area (Å²) in [6.45, 7) is 1.67. The normalized spacial score (nSPS) is 17.1. The van der Waals surface area contributed by atoms with Crippen LogP contribution >= 0.6 is 11.6 Å². The van der Waals surface area contributed by atoms with Crippen molar-refractivity contribution in [2.24, 2.45) is 0 Å². The van der Waals surface area contributed by atoms with E-state index in [4.69, 9.17) is 16.3 Å². The molecule has 1 aliphatic carbocycles. The van der Waals surface area contributed by atoms with Crippen LogP contribution in [0, 0.1) is 0 Å². The lowest BCUT2D eigenvalue weighted by Crippen LogP contribution is -2.36. The zero-order valence-corrected chi connectivity index (χ0v) is 11.8. The molecule has 0 spiro atoms. The topological polar surface area (TPSA) is 12.5 Å². The molecule has 0 unspecified atom stereocenters. The van der Waals surface area contributed by atoms with Crippen LogP contribution in [0.1, 0.15) is 32.1 Å². The van der Waals surface area contributed by atoms with Crippen LogP contribution in [-0.2, 0) is 0 Å². The molecule has 0 saturated heterocycles. The summed E-state index contributed by atoms with van der Waals surface area (Å²) >= 11 is 6.05. The van der Waals surface area contributed by atoms with Crippen LogP contribution in [0.4, 0.5) is 0 Å². The molecule has 3 heteroatoms. The number of nitrogens with zero attached hydrogens (tertiary/aromatic N) is 1. The molecule has 0 amide bonds. The highest BCUT2D eigenvalue weighted by atomic mass is 35.5. The predicted octanol–water partition coefficient (Wildman–Crippen LogP) is 3.98. The summed E-state index contributed by atoms with van der Waals surface area (Å²) in [5.74, 6) is 0.788. The largest absolute Gasteiger partial charge is 0.491 e. The Bertz CT molecular complexity index is 363. The highest BCUT2D eigenvalue weighted by Crippen LogP contribution is 2.24. The standard InChI is InChI=1S/C15H22ClNO/c1-17(13-7-3-2-4-8-13)11-12-18-15-10-6-5-9-14(15)16/h5-6,9-10,13H,2-4,7-8,11-12H2,1H3. The molecule has 1 aromatic carbocycles. The molecular formula is C15H22ClNO. The van der Waals surface area contributed by atoms with E-state index in [1.54, 1.807) is 0 Å². The van der Waals surface area contributed by atoms with Gasteiger partial charge < -0.3 is 9.64 Å². The lowest BCUT2D eigenvalue weighted by molar-refractivity contribution is 0.160. The van der Waals surface area contributed by atoms with Gasteiger partial charge in [-0.15, -0.1) is 0 Å². The minimum Gasteiger partial charge on any atom is -0.491 e. The smallest absolute Gasteiger partial charge is 0.137 e. The van der Waals surface area contributed by atoms with Crippen LogP contribution in [0.25, 0.3) is 0 Å². The number of rotatable bonds is 5. The van der Waals surface area contributed by atoms with E-state index in [0.717, 1.165) is 18.3 Å². The zero-order chi connectivity index (χ0) is 12.8. The van der Waals surface area contributed by atoms with E-state index in [9.17, 15) is 0 Å². The second-order valence-electron chi connectivity index (χ2n) is 5.05. The predicted molar refractivity (Wildman–Crippen MR) is 76.5 cm³/mol. The first-order valence-corrected chi connectivity index (χ1v) is 7.23. The molecule has 0 N–H and O–H groups in total. The molecule has 1 saturated carbocycles. The summed E-state index contributed by atoms with van der Waals surface area (Å²) < 4.78 is 5.72. The maximum atomic E-state index is 6.05. The fourth-order valence-corrected chi connectivity index (χ4v) is 2.76. The van der Waals surface area contributed by atoms with Crippen molar-refractivity contribution in [1.82, 2.24) is 4.90 Å². The van der Waals surface area contributed by atoms with E-state index < -0.39 is 0 Å². The van der Waals surface area contributed by atoms with Gasteiger partial charge in [-0.1, -0.05) is 43.0 Å². The summed E-state index contributed by atoms with van der Waals surface area (Å²) in [7, 11) is 2.20. The van der Waals surface area contributed by atoms with E-state index in [1.807, 2.05) is 24.3 Å². The third-order valence-corrected chi connectivity index (χ3v) is 4.05. The second kappa shape index (κ2) is 7.01. The summed E-state index contributed by atoms with van der Waals surface area (Å²) in [6, 6.07) is 8.40. The molecule has 2 nitrogen and oxygen atoms in total. The van der Waals surface area contributed by atoms with E-state index in [0.29, 0.717) is 11.6 Å². The number of halogens is 1. The molecule has 0 heterocycles. The van der Waals surface area contributed by atoms with Gasteiger partial charge in [-0.25, -0.2) is 0 Å². The van der Waals surface area contributed by atoms with Gasteiger partial charge in [0.15, 0.2) is 0 Å². The summed E-state index contributed by atoms with van der Waals surface area (Å²) in [6.07, 6.45) is 6.83. The Morgan fingerprint density at radius 1 is 1.22 bits per heavy atom. The monoisotopic (exact) mass is 267 g/mol. The summed E-state index contributed by atoms with van der Waals surface area (Å²) in [5, 5.41) is 0.692. The molecule has 0 atom stereocenters. The van der Waals surface area contributed by atoms with Crippen molar-refractivity contribution >= 4 is 11.6 Å². The number of ether oxygens (including phenoxy) is 1. The van der Waals surface area contributed by atoms with Gasteiger partial charge in [-0.2, -0.15) is 0 Å². The van der Waals surface area contributed by atoms with Crippen LogP contribution in [-0.4, -0.2) is 31.1 Å². The Morgan fingerprint density at radius 2 is 1.94 bits per heavy atom. The van der Waals surface area contributed by atoms with E-state index in [-0.39, 0.29) is 0 Å². The molecular weight excluding hydrogens is 246 g/mol. The molecule has 1 fully saturated rings. The number of para-hydroxylation sites is 1. The third-order valence-electron chi connectivity index (χ3n) is 3.74. The van der Waals surface area contributed by atoms with Gasteiger partial charge in [0.1, 0.15) is 12.4 Å². The van der Waals surface area contributed by atoms with Crippen molar-refractivity contribution in [2.45, 2.75) is 38.1 Å². The maximum absolute atomic E-state index is 6.05. The third kappa shape index (κ3) is 3.89. The lowest BCUT2D eigenvalue weighted by Gasteiger charge is -2.31. The maximum Gasteiger partial charge on any atom is 0.137 e. The van der Waals surface area contributed by atoms with E-state index >= 15 is 0 Å². The van der Waals surface area contributed by atoms with Crippen LogP contribution in [0.3, 0.4) is 0 Å². The van der Waals surface area contributed by atoms with Gasteiger partial charge in [0, 0.05) is 12.6 Å². The summed E-state index contributed by atoms with van der Waals surface area (Å²) in [5.41, 5.74) is 0. The SMILES string of the molecule is CN(CCOc1ccccc1Cl)C1CCCCC1. The minimum absolute atomic E-state index is 0.692. The first kappa shape index (κ1) is 13.7. The Hall–Kier alpha value is -0.730. The minimum atomic E-state index is 0.692. The molecule has 0 aliphatic heterocycles. The van der Waals surface area contributed by atoms with Gasteiger partial charge in [-0.3, -0.25) is 0 Å². The average Bonchev–Trinajstić information content (AvgIpc) is 2.42. The average molecular weight is 268 g/mol. The van der Waals surface area contributed by atoms with Crippen molar-refractivity contribution in [3.63, 3.8) is 0 Å². The summed E-state index contributed by atoms with van der Waals surface area (Å²) in [4.78, 5) is 2.43. The van der Waals surface area contributed by atoms with Crippen LogP contribution < -0.4 is 4.74 Å². The van der Waals surface area contributed by atoms with Crippen LogP contribution in [0.5, 0.6) is 5.75 Å². The van der Waals surface area contributed by atoms with Gasteiger partial charge in [0.2, 0.25) is 0 Å². The van der Waals surface area contributed by atoms with Crippen molar-refractivity contribution < 1.29 is 4.74 Å². The van der Waals surface area contributed by atoms with Gasteiger partial charge in [0.05, 0.1) is 5.02 Å². The fourth-order valence-electron chi connectivity index (χ4n) is 2.57. The molecule has 0 radical (unpaired) electrons. The van der Waals surface area contributed by atoms with Crippen molar-refractivity contribution in [3.05, 3.63) is 29.3 Å². The number of likely N-dealkylation sites (N-methyl/N-ethyl adjacent to an activating group) is 1. The molecule has 2 rings (SSSR count). The van der Waals surface area contributed by atoms with Crippen LogP contribution in [0.15, 0.2) is 24.3 Å². The lowest BCUT2D eigenvalue weighted by atomic mass is 9.94. The zero-order valence-electron chi connectivity index (χ0n) is 11.1. The van der Waals surface area contributed by atoms with Gasteiger partial charge in [0.25, 0.3) is 0 Å². The molecule has 0 bridgehead atoms. The second-order valence-corrected chi connectivity index (χ2v) is 5.46. The highest BCUT2D eigenvalue weighted by Gasteiger charge is 2.17. The molecule has 18 heavy (non-hydrogen) atoms. The van der Waals surface area contributed by atoms with Gasteiger partial charge in [-0.05, 0) is 32.0 Å². The van der Waals surface area contributed by atoms with Crippen molar-refractivity contribution in [1.29, 1.82) is 0 Å². The molecule has 100 valence electrons. The Balaban J connectivity index is 1.73. The quantitative estimate of drug-likeness (QED) is 0.800. The Morgan fingerprint density at radius 3 is 2.67 bits per heavy atom. The molecule has 1 aromatic rings. The van der Waals surface area contributed by atoms with Crippen molar-refractivity contribution in [2.75, 3.05) is 20.2 Å². The Labute approximate surface area is 115 Å².